The van der Waals surface area contributed by atoms with Gasteiger partial charge in [-0.2, -0.15) is 20.4 Å². The predicted octanol–water partition coefficient (Wildman–Crippen LogP) is 17.1. The Kier molecular flexibility index (Phi) is 34.4. The zero-order valence-electron chi connectivity index (χ0n) is 57.3. The molecule has 0 radical (unpaired) electrons. The molecule has 0 saturated heterocycles. The first-order valence-electron chi connectivity index (χ1n) is 30.4. The van der Waals surface area contributed by atoms with E-state index >= 15 is 0 Å². The summed E-state index contributed by atoms with van der Waals surface area (Å²) in [7, 11) is 0. The number of rotatable bonds is 14. The van der Waals surface area contributed by atoms with E-state index in [2.05, 4.69) is 88.6 Å². The lowest BCUT2D eigenvalue weighted by Gasteiger charge is -2.12. The number of nitro groups is 2. The number of aldehydes is 1. The standard InChI is InChI=1S/C13H14ClN5.C12H14ClN5O2.C12H16ClN5.C7H7Cl2N3O2.C7H8Cl2N2.C5H4Cl2N2.C5H8N2.C2H4O/c1-4-18-7-15-12-10(18)6-11(14)16-13(12)19-9(3)5-8(2)17-19;1-4-14-9-6-10(13)15-12(11(9)18(19)20)17-8(3)5-7(2)16-17;1-4-15-9-6-10(13)16-12(11(9)14)18-8(3)5-7(2)17-18;1-2-10-4-3-5(8)11-7(9)6(4)12(13)14;1-2-10-5-3-6(8)11-7(9)4-5;6-4-1-3(8)2-5(7)9-4;1-4-3-5(2)7-6-4;1-2-3/h5-7H,4H2,1-3H3;5-6H,4H2,1-3H3,(H,14,15);5-6H,4,14H2,1-3H3,(H,15,16);3H,2H2,1H3,(H,10,11);3-4H,2H2,1H3,(H,10,11);1-2H,(H2,8,9);3H,1-2H3,(H,6,7);2H,1H3. The Bertz CT molecular complexity index is 4490. The fourth-order valence-corrected chi connectivity index (χ4v) is 10.9. The predicted molar refractivity (Wildman–Crippen MR) is 408 cm³/mol. The van der Waals surface area contributed by atoms with Crippen molar-refractivity contribution in [1.29, 1.82) is 0 Å². The molecule has 0 saturated carbocycles. The van der Waals surface area contributed by atoms with Crippen LogP contribution in [0.5, 0.6) is 0 Å². The van der Waals surface area contributed by atoms with Crippen LogP contribution in [-0.4, -0.2) is 121 Å². The summed E-state index contributed by atoms with van der Waals surface area (Å²) in [5.41, 5.74) is 23.8. The zero-order chi connectivity index (χ0) is 75.5. The number of aryl methyl sites for hydroxylation is 9. The van der Waals surface area contributed by atoms with E-state index in [1.807, 2.05) is 111 Å². The molecule has 11 aromatic rings. The number of nitrogens with one attached hydrogen (secondary N) is 5. The number of aromatic nitrogens is 16. The van der Waals surface area contributed by atoms with E-state index in [-0.39, 0.29) is 38.3 Å². The van der Waals surface area contributed by atoms with Crippen LogP contribution in [0.25, 0.3) is 28.5 Å². The van der Waals surface area contributed by atoms with Gasteiger partial charge >= 0.3 is 11.4 Å². The van der Waals surface area contributed by atoms with Crippen LogP contribution < -0.4 is 32.7 Å². The number of hydrogen-bond acceptors (Lipinski definition) is 22. The van der Waals surface area contributed by atoms with Crippen LogP contribution in [0.3, 0.4) is 0 Å². The van der Waals surface area contributed by atoms with Gasteiger partial charge in [-0.1, -0.05) is 104 Å². The quantitative estimate of drug-likeness (QED) is 0.0230. The van der Waals surface area contributed by atoms with Gasteiger partial charge in [0.25, 0.3) is 0 Å². The van der Waals surface area contributed by atoms with Gasteiger partial charge in [0.1, 0.15) is 70.1 Å². The number of hydrogen-bond donors (Lipinski definition) is 7. The van der Waals surface area contributed by atoms with Crippen LogP contribution in [0, 0.1) is 75.6 Å². The third-order valence-electron chi connectivity index (χ3n) is 12.6. The first kappa shape index (κ1) is 84.5. The van der Waals surface area contributed by atoms with Crippen molar-refractivity contribution in [3.05, 3.63) is 191 Å². The number of aromatic amines is 1. The van der Waals surface area contributed by atoms with Crippen LogP contribution in [0.15, 0.2) is 79.1 Å². The van der Waals surface area contributed by atoms with Crippen molar-refractivity contribution in [3.63, 3.8) is 0 Å². The van der Waals surface area contributed by atoms with Gasteiger partial charge in [-0.15, -0.1) is 0 Å². The SMILES string of the molecule is CC=O.CCNc1cc(Cl)nc(-n2nc(C)cc2C)c1N.CCNc1cc(Cl)nc(-n2nc(C)cc2C)c1[N+](=O)[O-].CCNc1cc(Cl)nc(Cl)c1.CCNc1cc(Cl)nc(Cl)c1[N+](=O)[O-].CCn1cnc2c(-n3nc(C)cc3C)nc(Cl)cc21.Cc1cc(C)[nH]n1.Nc1cc(Cl)nc(Cl)c1. The lowest BCUT2D eigenvalue weighted by atomic mass is 10.3. The molecule has 0 fully saturated rings. The Labute approximate surface area is 627 Å². The fraction of sp³-hybridized carbons (Fsp3) is 0.302. The Hall–Kier alpha value is -8.91. The monoisotopic (exact) mass is 1560 g/mol. The molecule has 0 aliphatic heterocycles. The van der Waals surface area contributed by atoms with Crippen molar-refractivity contribution in [2.24, 2.45) is 0 Å². The van der Waals surface area contributed by atoms with Gasteiger partial charge in [0.2, 0.25) is 11.0 Å². The molecule has 0 aliphatic rings. The molecule has 0 aliphatic carbocycles. The number of imidazole rings is 1. The second-order valence-corrected chi connectivity index (χ2v) is 24.3. The second-order valence-electron chi connectivity index (χ2n) is 20.8. The van der Waals surface area contributed by atoms with Gasteiger partial charge in [-0.05, 0) is 145 Å². The number of nitrogens with zero attached hydrogens (tertiary/aromatic N) is 17. The minimum atomic E-state index is -0.594. The molecule has 11 heterocycles. The van der Waals surface area contributed by atoms with Gasteiger partial charge in [0.15, 0.2) is 11.6 Å². The Morgan fingerprint density at radius 2 is 0.871 bits per heavy atom. The number of carbonyl (C=O) groups excluding carboxylic acids is 1. The maximum atomic E-state index is 11.4. The van der Waals surface area contributed by atoms with Gasteiger partial charge in [-0.25, -0.2) is 48.9 Å². The summed E-state index contributed by atoms with van der Waals surface area (Å²) in [6.07, 6.45) is 2.55. The number of nitrogen functional groups attached to an aromatic ring is 2. The lowest BCUT2D eigenvalue weighted by molar-refractivity contribution is -0.384. The van der Waals surface area contributed by atoms with Gasteiger partial charge in [0.05, 0.1) is 50.2 Å². The average Bonchev–Trinajstić information content (AvgIpc) is 1.70. The average molecular weight is 1570 g/mol. The Balaban J connectivity index is 0.000000254. The van der Waals surface area contributed by atoms with E-state index in [4.69, 9.17) is 121 Å². The molecule has 0 aromatic carbocycles. The molecule has 101 heavy (non-hydrogen) atoms. The number of carbonyl (C=O) groups is 1. The van der Waals surface area contributed by atoms with Gasteiger partial charge in [0, 0.05) is 91.1 Å². The van der Waals surface area contributed by atoms with Crippen LogP contribution in [0.2, 0.25) is 46.4 Å². The van der Waals surface area contributed by atoms with E-state index in [1.165, 1.54) is 35.9 Å². The normalized spacial score (nSPS) is 10.2. The lowest BCUT2D eigenvalue weighted by Crippen LogP contribution is -2.10. The molecule has 0 unspecified atom stereocenters. The van der Waals surface area contributed by atoms with Crippen LogP contribution in [0.1, 0.15) is 87.1 Å². The van der Waals surface area contributed by atoms with E-state index in [0.29, 0.717) is 72.7 Å². The van der Waals surface area contributed by atoms with E-state index < -0.39 is 9.85 Å². The molecule has 9 N–H and O–H groups in total. The minimum absolute atomic E-state index is 0.115. The zero-order valence-corrected chi connectivity index (χ0v) is 64.1. The highest BCUT2D eigenvalue weighted by molar-refractivity contribution is 6.35. The molecule has 29 nitrogen and oxygen atoms in total. The number of halogens is 9. The molecule has 0 spiro atoms. The maximum Gasteiger partial charge on any atom is 0.336 e. The summed E-state index contributed by atoms with van der Waals surface area (Å²) in [4.78, 5) is 57.9. The van der Waals surface area contributed by atoms with Gasteiger partial charge in [-0.3, -0.25) is 25.3 Å². The highest BCUT2D eigenvalue weighted by Crippen LogP contribution is 2.35. The van der Waals surface area contributed by atoms with Crippen molar-refractivity contribution in [3.8, 4) is 17.5 Å². The third-order valence-corrected chi connectivity index (χ3v) is 14.4. The molecule has 540 valence electrons. The molecule has 0 amide bonds. The summed E-state index contributed by atoms with van der Waals surface area (Å²) in [5, 5.41) is 56.1. The summed E-state index contributed by atoms with van der Waals surface area (Å²) >= 11 is 51.5. The number of nitrogens with two attached hydrogens (primary N) is 2. The molecule has 11 aromatic heterocycles. The third kappa shape index (κ3) is 25.9. The molecular weight excluding hydrogens is 1490 g/mol. The minimum Gasteiger partial charge on any atom is -0.399 e. The van der Waals surface area contributed by atoms with Crippen LogP contribution in [0.4, 0.5) is 45.5 Å². The van der Waals surface area contributed by atoms with Crippen LogP contribution >= 0.6 is 104 Å². The van der Waals surface area contributed by atoms with Gasteiger partial charge < -0.3 is 42.1 Å². The summed E-state index contributed by atoms with van der Waals surface area (Å²) in [6.45, 7) is 30.1. The summed E-state index contributed by atoms with van der Waals surface area (Å²) in [6, 6.07) is 20.7. The smallest absolute Gasteiger partial charge is 0.336 e. The molecular formula is C63H75Cl9N24O5. The number of H-pyrrole nitrogens is 1. The second kappa shape index (κ2) is 41.1. The highest BCUT2D eigenvalue weighted by atomic mass is 35.5. The first-order chi connectivity index (χ1) is 47.7. The van der Waals surface area contributed by atoms with Crippen molar-refractivity contribution < 1.29 is 14.6 Å². The van der Waals surface area contributed by atoms with E-state index in [0.717, 1.165) is 93.9 Å². The number of fused-ring (bicyclic) bond motifs is 1. The highest BCUT2D eigenvalue weighted by Gasteiger charge is 2.26. The maximum absolute atomic E-state index is 11.4. The Morgan fingerprint density at radius 1 is 0.485 bits per heavy atom. The number of anilines is 6. The van der Waals surface area contributed by atoms with Crippen molar-refractivity contribution in [2.45, 2.75) is 103 Å². The molecule has 0 atom stereocenters. The van der Waals surface area contributed by atoms with Crippen molar-refractivity contribution >= 4 is 167 Å². The first-order valence-corrected chi connectivity index (χ1v) is 33.8. The van der Waals surface area contributed by atoms with Crippen molar-refractivity contribution in [1.82, 2.24) is 79.0 Å². The molecule has 11 rings (SSSR count). The fourth-order valence-electron chi connectivity index (χ4n) is 8.89. The molecule has 38 heteroatoms. The largest absolute Gasteiger partial charge is 0.399 e. The topological polar surface area (TPSA) is 381 Å². The summed E-state index contributed by atoms with van der Waals surface area (Å²) < 4.78 is 6.96. The molecule has 0 bridgehead atoms. The number of pyridine rings is 6. The Morgan fingerprint density at radius 3 is 1.27 bits per heavy atom. The summed E-state index contributed by atoms with van der Waals surface area (Å²) in [5.74, 6) is 1.36. The van der Waals surface area contributed by atoms with Crippen LogP contribution in [-0.2, 0) is 11.3 Å². The van der Waals surface area contributed by atoms with E-state index in [1.54, 1.807) is 40.8 Å². The van der Waals surface area contributed by atoms with Crippen molar-refractivity contribution in [2.75, 3.05) is 58.9 Å². The van der Waals surface area contributed by atoms with E-state index in [9.17, 15) is 20.2 Å².